The number of pyridine rings is 1. The van der Waals surface area contributed by atoms with Gasteiger partial charge in [0.05, 0.1) is 10.9 Å². The smallest absolute Gasteiger partial charge is 0.410 e. The number of piperidine rings is 1. The van der Waals surface area contributed by atoms with Crippen molar-refractivity contribution in [3.05, 3.63) is 22.8 Å². The minimum Gasteiger partial charge on any atom is -0.444 e. The number of halogens is 1. The van der Waals surface area contributed by atoms with Gasteiger partial charge in [0.1, 0.15) is 11.4 Å². The number of amides is 2. The SMILES string of the molecule is Cc1cc(NC(=O)C2CCCN(C(=O)OC(C)(C)C)C2)ncc1Cl. The Morgan fingerprint density at radius 2 is 2.12 bits per heavy atom. The summed E-state index contributed by atoms with van der Waals surface area (Å²) in [6, 6.07) is 1.73. The van der Waals surface area contributed by atoms with E-state index in [1.165, 1.54) is 6.20 Å². The number of carbonyl (C=O) groups is 2. The number of nitrogens with zero attached hydrogens (tertiary/aromatic N) is 2. The van der Waals surface area contributed by atoms with Gasteiger partial charge in [-0.25, -0.2) is 9.78 Å². The molecule has 2 rings (SSSR count). The van der Waals surface area contributed by atoms with Crippen LogP contribution in [0.5, 0.6) is 0 Å². The quantitative estimate of drug-likeness (QED) is 0.881. The number of hydrogen-bond donors (Lipinski definition) is 1. The number of aromatic nitrogens is 1. The number of hydrogen-bond acceptors (Lipinski definition) is 4. The van der Waals surface area contributed by atoms with E-state index in [4.69, 9.17) is 16.3 Å². The minimum atomic E-state index is -0.545. The van der Waals surface area contributed by atoms with Crippen LogP contribution in [-0.4, -0.2) is 40.6 Å². The fourth-order valence-corrected chi connectivity index (χ4v) is 2.62. The molecule has 0 saturated carbocycles. The molecule has 2 heterocycles. The van der Waals surface area contributed by atoms with Crippen LogP contribution in [0.2, 0.25) is 5.02 Å². The molecule has 0 bridgehead atoms. The zero-order chi connectivity index (χ0) is 17.9. The number of likely N-dealkylation sites (tertiary alicyclic amines) is 1. The lowest BCUT2D eigenvalue weighted by atomic mass is 9.97. The molecule has 1 N–H and O–H groups in total. The van der Waals surface area contributed by atoms with Crippen LogP contribution in [0.4, 0.5) is 10.6 Å². The van der Waals surface area contributed by atoms with E-state index >= 15 is 0 Å². The average molecular weight is 354 g/mol. The highest BCUT2D eigenvalue weighted by Crippen LogP contribution is 2.22. The van der Waals surface area contributed by atoms with Crippen molar-refractivity contribution in [2.75, 3.05) is 18.4 Å². The van der Waals surface area contributed by atoms with E-state index in [-0.39, 0.29) is 17.9 Å². The molecule has 0 radical (unpaired) electrons. The molecule has 6 nitrogen and oxygen atoms in total. The molecular weight excluding hydrogens is 330 g/mol. The Balaban J connectivity index is 1.97. The van der Waals surface area contributed by atoms with Crippen LogP contribution in [0.1, 0.15) is 39.2 Å². The summed E-state index contributed by atoms with van der Waals surface area (Å²) in [6.45, 7) is 8.30. The lowest BCUT2D eigenvalue weighted by molar-refractivity contribution is -0.121. The van der Waals surface area contributed by atoms with Crippen LogP contribution in [0.25, 0.3) is 0 Å². The van der Waals surface area contributed by atoms with Gasteiger partial charge >= 0.3 is 6.09 Å². The summed E-state index contributed by atoms with van der Waals surface area (Å²) in [5.41, 5.74) is 0.304. The molecule has 132 valence electrons. The monoisotopic (exact) mass is 353 g/mol. The zero-order valence-corrected chi connectivity index (χ0v) is 15.3. The highest BCUT2D eigenvalue weighted by Gasteiger charge is 2.31. The predicted octanol–water partition coefficient (Wildman–Crippen LogP) is 3.63. The molecule has 1 saturated heterocycles. The van der Waals surface area contributed by atoms with Gasteiger partial charge in [-0.3, -0.25) is 4.79 Å². The summed E-state index contributed by atoms with van der Waals surface area (Å²) < 4.78 is 5.38. The molecule has 1 aliphatic rings. The van der Waals surface area contributed by atoms with E-state index in [2.05, 4.69) is 10.3 Å². The van der Waals surface area contributed by atoms with Crippen molar-refractivity contribution >= 4 is 29.4 Å². The first-order valence-electron chi connectivity index (χ1n) is 8.06. The third-order valence-corrected chi connectivity index (χ3v) is 4.14. The average Bonchev–Trinajstić information content (AvgIpc) is 2.49. The maximum atomic E-state index is 12.5. The van der Waals surface area contributed by atoms with Gasteiger partial charge in [-0.1, -0.05) is 11.6 Å². The highest BCUT2D eigenvalue weighted by atomic mass is 35.5. The van der Waals surface area contributed by atoms with Gasteiger partial charge in [-0.2, -0.15) is 0 Å². The molecule has 1 aliphatic heterocycles. The number of nitrogens with one attached hydrogen (secondary N) is 1. The predicted molar refractivity (Wildman–Crippen MR) is 93.1 cm³/mol. The largest absolute Gasteiger partial charge is 0.444 e. The molecule has 7 heteroatoms. The Labute approximate surface area is 147 Å². The Morgan fingerprint density at radius 1 is 1.42 bits per heavy atom. The molecule has 0 aromatic carbocycles. The summed E-state index contributed by atoms with van der Waals surface area (Å²) >= 11 is 5.94. The number of anilines is 1. The van der Waals surface area contributed by atoms with Crippen molar-refractivity contribution in [3.63, 3.8) is 0 Å². The van der Waals surface area contributed by atoms with Crippen LogP contribution in [0, 0.1) is 12.8 Å². The van der Waals surface area contributed by atoms with Crippen molar-refractivity contribution in [2.45, 2.75) is 46.1 Å². The van der Waals surface area contributed by atoms with Gasteiger partial charge < -0.3 is 15.0 Å². The normalized spacial score (nSPS) is 18.2. The van der Waals surface area contributed by atoms with Crippen LogP contribution < -0.4 is 5.32 Å². The Hall–Kier alpha value is -1.82. The second-order valence-corrected chi connectivity index (χ2v) is 7.48. The van der Waals surface area contributed by atoms with Crippen molar-refractivity contribution in [3.8, 4) is 0 Å². The minimum absolute atomic E-state index is 0.141. The molecule has 1 fully saturated rings. The van der Waals surface area contributed by atoms with Crippen LogP contribution in [0.15, 0.2) is 12.3 Å². The topological polar surface area (TPSA) is 71.5 Å². The molecule has 1 aromatic heterocycles. The fourth-order valence-electron chi connectivity index (χ4n) is 2.52. The Bertz CT molecular complexity index is 628. The van der Waals surface area contributed by atoms with E-state index in [0.717, 1.165) is 18.4 Å². The lowest BCUT2D eigenvalue weighted by Gasteiger charge is -2.33. The maximum absolute atomic E-state index is 12.5. The number of ether oxygens (including phenoxy) is 1. The Morgan fingerprint density at radius 3 is 2.75 bits per heavy atom. The van der Waals surface area contributed by atoms with Gasteiger partial charge in [0, 0.05) is 19.3 Å². The van der Waals surface area contributed by atoms with E-state index in [9.17, 15) is 9.59 Å². The van der Waals surface area contributed by atoms with Crippen LogP contribution in [0.3, 0.4) is 0 Å². The number of rotatable bonds is 2. The van der Waals surface area contributed by atoms with E-state index in [1.807, 2.05) is 27.7 Å². The first kappa shape index (κ1) is 18.5. The van der Waals surface area contributed by atoms with Crippen LogP contribution in [-0.2, 0) is 9.53 Å². The third kappa shape index (κ3) is 5.09. The molecule has 2 amide bonds. The van der Waals surface area contributed by atoms with Crippen molar-refractivity contribution in [2.24, 2.45) is 5.92 Å². The second-order valence-electron chi connectivity index (χ2n) is 7.07. The van der Waals surface area contributed by atoms with Crippen molar-refractivity contribution in [1.29, 1.82) is 0 Å². The second kappa shape index (κ2) is 7.38. The van der Waals surface area contributed by atoms with Gasteiger partial charge in [0.25, 0.3) is 0 Å². The molecule has 0 aliphatic carbocycles. The number of carbonyl (C=O) groups excluding carboxylic acids is 2. The summed E-state index contributed by atoms with van der Waals surface area (Å²) in [4.78, 5) is 30.3. The highest BCUT2D eigenvalue weighted by molar-refractivity contribution is 6.31. The van der Waals surface area contributed by atoms with E-state index < -0.39 is 5.60 Å². The summed E-state index contributed by atoms with van der Waals surface area (Å²) in [6.07, 6.45) is 2.64. The Kier molecular flexibility index (Phi) is 5.70. The van der Waals surface area contributed by atoms with Gasteiger partial charge in [-0.15, -0.1) is 0 Å². The molecule has 1 unspecified atom stereocenters. The van der Waals surface area contributed by atoms with E-state index in [0.29, 0.717) is 23.9 Å². The molecular formula is C17H24ClN3O3. The summed E-state index contributed by atoms with van der Waals surface area (Å²) in [5, 5.41) is 3.36. The van der Waals surface area contributed by atoms with Crippen molar-refractivity contribution < 1.29 is 14.3 Å². The molecule has 1 aromatic rings. The summed E-state index contributed by atoms with van der Waals surface area (Å²) in [5.74, 6) is 0.0535. The first-order valence-corrected chi connectivity index (χ1v) is 8.44. The first-order chi connectivity index (χ1) is 11.2. The van der Waals surface area contributed by atoms with Gasteiger partial charge in [-0.05, 0) is 52.2 Å². The molecule has 0 spiro atoms. The van der Waals surface area contributed by atoms with E-state index in [1.54, 1.807) is 11.0 Å². The van der Waals surface area contributed by atoms with Gasteiger partial charge in [0.2, 0.25) is 5.91 Å². The zero-order valence-electron chi connectivity index (χ0n) is 14.6. The fraction of sp³-hybridized carbons (Fsp3) is 0.588. The maximum Gasteiger partial charge on any atom is 0.410 e. The van der Waals surface area contributed by atoms with Gasteiger partial charge in [0.15, 0.2) is 0 Å². The lowest BCUT2D eigenvalue weighted by Crippen LogP contribution is -2.45. The third-order valence-electron chi connectivity index (χ3n) is 3.74. The molecule has 1 atom stereocenters. The number of aryl methyl sites for hydroxylation is 1. The van der Waals surface area contributed by atoms with Crippen LogP contribution >= 0.6 is 11.6 Å². The summed E-state index contributed by atoms with van der Waals surface area (Å²) in [7, 11) is 0. The molecule has 24 heavy (non-hydrogen) atoms. The standard InChI is InChI=1S/C17H24ClN3O3/c1-11-8-14(19-9-13(11)18)20-15(22)12-6-5-7-21(10-12)16(23)24-17(2,3)4/h8-9,12H,5-7,10H2,1-4H3,(H,19,20,22). The van der Waals surface area contributed by atoms with Crippen molar-refractivity contribution in [1.82, 2.24) is 9.88 Å².